The van der Waals surface area contributed by atoms with Crippen LogP contribution in [0, 0.1) is 0 Å². The highest BCUT2D eigenvalue weighted by Crippen LogP contribution is 2.19. The number of hydrogen-bond donors (Lipinski definition) is 2. The van der Waals surface area contributed by atoms with Crippen molar-refractivity contribution in [1.82, 2.24) is 19.8 Å². The minimum absolute atomic E-state index is 0.0500. The molecular weight excluding hydrogens is 380 g/mol. The molecule has 0 aromatic heterocycles. The van der Waals surface area contributed by atoms with E-state index in [1.54, 1.807) is 12.1 Å². The van der Waals surface area contributed by atoms with Crippen molar-refractivity contribution in [2.75, 3.05) is 39.3 Å². The summed E-state index contributed by atoms with van der Waals surface area (Å²) < 4.78 is 26.6. The number of imide groups is 1. The van der Waals surface area contributed by atoms with E-state index < -0.39 is 22.0 Å². The van der Waals surface area contributed by atoms with Gasteiger partial charge in [0.2, 0.25) is 15.9 Å². The number of nitrogens with one attached hydrogen (secondary N) is 2. The van der Waals surface area contributed by atoms with E-state index in [2.05, 4.69) is 10.6 Å². The number of carbonyl (C=O) groups is 2. The fourth-order valence-corrected chi connectivity index (χ4v) is 4.08. The molecule has 144 valence electrons. The zero-order chi connectivity index (χ0) is 19.2. The van der Waals surface area contributed by atoms with Crippen molar-refractivity contribution >= 4 is 33.6 Å². The van der Waals surface area contributed by atoms with E-state index in [-0.39, 0.29) is 24.5 Å². The summed E-state index contributed by atoms with van der Waals surface area (Å²) in [5.74, 6) is -0.410. The maximum absolute atomic E-state index is 12.6. The summed E-state index contributed by atoms with van der Waals surface area (Å²) in [5, 5.41) is 5.30. The second-order valence-electron chi connectivity index (χ2n) is 5.94. The maximum atomic E-state index is 12.6. The number of carbonyl (C=O) groups excluding carboxylic acids is 2. The second-order valence-corrected chi connectivity index (χ2v) is 8.31. The van der Waals surface area contributed by atoms with Crippen molar-refractivity contribution in [2.24, 2.45) is 0 Å². The number of benzene rings is 1. The molecule has 8 nitrogen and oxygen atoms in total. The van der Waals surface area contributed by atoms with Gasteiger partial charge in [0.25, 0.3) is 0 Å². The van der Waals surface area contributed by atoms with E-state index in [1.165, 1.54) is 16.4 Å². The number of nitrogens with zero attached hydrogens (tertiary/aromatic N) is 2. The molecule has 0 radical (unpaired) electrons. The number of hydrogen-bond acceptors (Lipinski definition) is 5. The number of amides is 3. The van der Waals surface area contributed by atoms with Crippen molar-refractivity contribution in [2.45, 2.75) is 18.2 Å². The summed E-state index contributed by atoms with van der Waals surface area (Å²) in [6.07, 6.45) is 0.783. The van der Waals surface area contributed by atoms with Crippen molar-refractivity contribution in [3.8, 4) is 0 Å². The Morgan fingerprint density at radius 1 is 1.12 bits per heavy atom. The zero-order valence-electron chi connectivity index (χ0n) is 14.6. The highest BCUT2D eigenvalue weighted by atomic mass is 35.5. The van der Waals surface area contributed by atoms with E-state index in [4.69, 9.17) is 11.6 Å². The molecule has 1 aliphatic heterocycles. The van der Waals surface area contributed by atoms with Gasteiger partial charge in [-0.05, 0) is 30.7 Å². The van der Waals surface area contributed by atoms with Crippen LogP contribution in [0.4, 0.5) is 4.79 Å². The third kappa shape index (κ3) is 5.66. The molecule has 0 atom stereocenters. The zero-order valence-corrected chi connectivity index (χ0v) is 16.1. The van der Waals surface area contributed by atoms with Crippen LogP contribution in [0.3, 0.4) is 0 Å². The molecule has 2 rings (SSSR count). The number of piperazine rings is 1. The first-order valence-corrected chi connectivity index (χ1v) is 10.2. The van der Waals surface area contributed by atoms with Gasteiger partial charge in [0, 0.05) is 37.7 Å². The van der Waals surface area contributed by atoms with Crippen LogP contribution in [-0.2, 0) is 14.8 Å². The van der Waals surface area contributed by atoms with Gasteiger partial charge in [0.1, 0.15) is 0 Å². The molecule has 10 heteroatoms. The lowest BCUT2D eigenvalue weighted by Gasteiger charge is -2.33. The Morgan fingerprint density at radius 2 is 1.73 bits per heavy atom. The summed E-state index contributed by atoms with van der Waals surface area (Å²) in [7, 11) is -3.58. The van der Waals surface area contributed by atoms with Crippen molar-refractivity contribution in [1.29, 1.82) is 0 Å². The molecule has 3 amide bonds. The summed E-state index contributed by atoms with van der Waals surface area (Å²) in [6, 6.07) is 5.52. The molecule has 1 aliphatic rings. The minimum atomic E-state index is -3.58. The first-order chi connectivity index (χ1) is 12.3. The molecule has 1 saturated heterocycles. The molecule has 1 aromatic carbocycles. The topological polar surface area (TPSA) is 98.8 Å². The number of sulfonamides is 1. The van der Waals surface area contributed by atoms with Crippen LogP contribution in [0.5, 0.6) is 0 Å². The van der Waals surface area contributed by atoms with Crippen molar-refractivity contribution in [3.63, 3.8) is 0 Å². The van der Waals surface area contributed by atoms with Crippen LogP contribution in [0.25, 0.3) is 0 Å². The molecule has 0 bridgehead atoms. The lowest BCUT2D eigenvalue weighted by Crippen LogP contribution is -2.52. The standard InChI is InChI=1S/C16H23ClN4O4S/c1-2-7-18-16(23)19-15(22)12-20-8-10-21(11-9-20)26(24,25)14-5-3-13(17)4-6-14/h3-6H,2,7-12H2,1H3,(H2,18,19,22,23). The average Bonchev–Trinajstić information content (AvgIpc) is 2.60. The Bertz CT molecular complexity index is 731. The summed E-state index contributed by atoms with van der Waals surface area (Å²) in [4.78, 5) is 25.3. The number of halogens is 1. The fraction of sp³-hybridized carbons (Fsp3) is 0.500. The van der Waals surface area contributed by atoms with Crippen LogP contribution in [0.1, 0.15) is 13.3 Å². The molecular formula is C16H23ClN4O4S. The molecule has 0 spiro atoms. The van der Waals surface area contributed by atoms with E-state index >= 15 is 0 Å². The Balaban J connectivity index is 1.84. The van der Waals surface area contributed by atoms with Gasteiger partial charge in [-0.2, -0.15) is 4.31 Å². The lowest BCUT2D eigenvalue weighted by molar-refractivity contribution is -0.121. The normalized spacial score (nSPS) is 16.2. The molecule has 1 fully saturated rings. The summed E-state index contributed by atoms with van der Waals surface area (Å²) >= 11 is 5.80. The molecule has 0 unspecified atom stereocenters. The van der Waals surface area contributed by atoms with E-state index in [9.17, 15) is 18.0 Å². The van der Waals surface area contributed by atoms with Gasteiger partial charge in [0.05, 0.1) is 11.4 Å². The van der Waals surface area contributed by atoms with Gasteiger partial charge >= 0.3 is 6.03 Å². The minimum Gasteiger partial charge on any atom is -0.338 e. The Hall–Kier alpha value is -1.68. The summed E-state index contributed by atoms with van der Waals surface area (Å²) in [6.45, 7) is 3.85. The van der Waals surface area contributed by atoms with E-state index in [1.807, 2.05) is 11.8 Å². The summed E-state index contributed by atoms with van der Waals surface area (Å²) in [5.41, 5.74) is 0. The first-order valence-electron chi connectivity index (χ1n) is 8.38. The van der Waals surface area contributed by atoms with Crippen LogP contribution in [0.15, 0.2) is 29.2 Å². The van der Waals surface area contributed by atoms with Crippen LogP contribution < -0.4 is 10.6 Å². The number of urea groups is 1. The molecule has 1 aromatic rings. The quantitative estimate of drug-likeness (QED) is 0.736. The van der Waals surface area contributed by atoms with Crippen LogP contribution >= 0.6 is 11.6 Å². The maximum Gasteiger partial charge on any atom is 0.321 e. The van der Waals surface area contributed by atoms with Gasteiger partial charge in [-0.3, -0.25) is 15.0 Å². The second kappa shape index (κ2) is 9.31. The Labute approximate surface area is 158 Å². The predicted octanol–water partition coefficient (Wildman–Crippen LogP) is 0.882. The number of rotatable bonds is 6. The average molecular weight is 403 g/mol. The van der Waals surface area contributed by atoms with E-state index in [0.29, 0.717) is 24.7 Å². The largest absolute Gasteiger partial charge is 0.338 e. The van der Waals surface area contributed by atoms with E-state index in [0.717, 1.165) is 6.42 Å². The van der Waals surface area contributed by atoms with Crippen molar-refractivity contribution < 1.29 is 18.0 Å². The fourth-order valence-electron chi connectivity index (χ4n) is 2.54. The monoisotopic (exact) mass is 402 g/mol. The molecule has 0 aliphatic carbocycles. The van der Waals surface area contributed by atoms with Gasteiger partial charge in [-0.15, -0.1) is 0 Å². The molecule has 26 heavy (non-hydrogen) atoms. The Kier molecular flexibility index (Phi) is 7.39. The third-order valence-corrected chi connectivity index (χ3v) is 6.10. The Morgan fingerprint density at radius 3 is 2.31 bits per heavy atom. The first kappa shape index (κ1) is 20.6. The van der Waals surface area contributed by atoms with Crippen LogP contribution in [-0.4, -0.2) is 68.8 Å². The molecule has 2 N–H and O–H groups in total. The van der Waals surface area contributed by atoms with Gasteiger partial charge in [-0.1, -0.05) is 18.5 Å². The molecule has 0 saturated carbocycles. The van der Waals surface area contributed by atoms with Gasteiger partial charge in [-0.25, -0.2) is 13.2 Å². The smallest absolute Gasteiger partial charge is 0.321 e. The predicted molar refractivity (Wildman–Crippen MR) is 98.5 cm³/mol. The highest BCUT2D eigenvalue weighted by molar-refractivity contribution is 7.89. The highest BCUT2D eigenvalue weighted by Gasteiger charge is 2.29. The van der Waals surface area contributed by atoms with Gasteiger partial charge < -0.3 is 5.32 Å². The van der Waals surface area contributed by atoms with Gasteiger partial charge in [0.15, 0.2) is 0 Å². The van der Waals surface area contributed by atoms with Crippen molar-refractivity contribution in [3.05, 3.63) is 29.3 Å². The third-order valence-electron chi connectivity index (χ3n) is 3.94. The van der Waals surface area contributed by atoms with Crippen LogP contribution in [0.2, 0.25) is 5.02 Å². The lowest BCUT2D eigenvalue weighted by atomic mass is 10.3. The molecule has 1 heterocycles. The SMILES string of the molecule is CCCNC(=O)NC(=O)CN1CCN(S(=O)(=O)c2ccc(Cl)cc2)CC1.